The van der Waals surface area contributed by atoms with E-state index >= 15 is 0 Å². The highest BCUT2D eigenvalue weighted by Crippen LogP contribution is 2.11. The molecule has 1 aliphatic carbocycles. The van der Waals surface area contributed by atoms with E-state index in [0.717, 1.165) is 12.8 Å². The monoisotopic (exact) mass is 146 g/mol. The van der Waals surface area contributed by atoms with Crippen molar-refractivity contribution in [2.45, 2.75) is 19.8 Å². The van der Waals surface area contributed by atoms with E-state index in [1.165, 1.54) is 5.57 Å². The van der Waals surface area contributed by atoms with Crippen LogP contribution in [0.2, 0.25) is 0 Å². The first-order chi connectivity index (χ1) is 5.43. The average molecular weight is 146 g/mol. The van der Waals surface area contributed by atoms with Gasteiger partial charge in [0, 0.05) is 0 Å². The molecule has 0 fully saturated rings. The SMILES string of the molecule is CC=CCC=CC1=CC=CC1. The second kappa shape index (κ2) is 4.73. The van der Waals surface area contributed by atoms with Crippen molar-refractivity contribution >= 4 is 0 Å². The van der Waals surface area contributed by atoms with Crippen LogP contribution >= 0.6 is 0 Å². The Kier molecular flexibility index (Phi) is 3.46. The van der Waals surface area contributed by atoms with Gasteiger partial charge in [0.15, 0.2) is 0 Å². The second-order valence-corrected chi connectivity index (χ2v) is 2.58. The summed E-state index contributed by atoms with van der Waals surface area (Å²) in [6.45, 7) is 2.05. The van der Waals surface area contributed by atoms with E-state index in [2.05, 4.69) is 42.5 Å². The van der Waals surface area contributed by atoms with E-state index < -0.39 is 0 Å². The fourth-order valence-electron chi connectivity index (χ4n) is 1.02. The van der Waals surface area contributed by atoms with Gasteiger partial charge in [-0.15, -0.1) is 0 Å². The molecule has 11 heavy (non-hydrogen) atoms. The molecule has 0 aromatic carbocycles. The summed E-state index contributed by atoms with van der Waals surface area (Å²) in [5, 5.41) is 0. The van der Waals surface area contributed by atoms with Crippen LogP contribution < -0.4 is 0 Å². The molecule has 0 saturated carbocycles. The van der Waals surface area contributed by atoms with Crippen LogP contribution in [0.15, 0.2) is 48.1 Å². The van der Waals surface area contributed by atoms with Crippen molar-refractivity contribution in [1.82, 2.24) is 0 Å². The minimum atomic E-state index is 1.05. The van der Waals surface area contributed by atoms with E-state index in [4.69, 9.17) is 0 Å². The summed E-state index contributed by atoms with van der Waals surface area (Å²) in [5.41, 5.74) is 1.41. The molecule has 0 aromatic heterocycles. The largest absolute Gasteiger partial charge is 0.0914 e. The van der Waals surface area contributed by atoms with Gasteiger partial charge in [0.05, 0.1) is 0 Å². The molecule has 1 aliphatic rings. The van der Waals surface area contributed by atoms with Crippen molar-refractivity contribution in [3.8, 4) is 0 Å². The molecule has 58 valence electrons. The summed E-state index contributed by atoms with van der Waals surface area (Å²) in [5.74, 6) is 0. The van der Waals surface area contributed by atoms with Crippen molar-refractivity contribution in [1.29, 1.82) is 0 Å². The summed E-state index contributed by atoms with van der Waals surface area (Å²) in [6, 6.07) is 0. The molecule has 0 aromatic rings. The van der Waals surface area contributed by atoms with Gasteiger partial charge in [0.25, 0.3) is 0 Å². The molecule has 0 atom stereocenters. The van der Waals surface area contributed by atoms with Crippen molar-refractivity contribution in [3.05, 3.63) is 48.1 Å². The lowest BCUT2D eigenvalue weighted by atomic mass is 10.2. The van der Waals surface area contributed by atoms with Gasteiger partial charge >= 0.3 is 0 Å². The van der Waals surface area contributed by atoms with Crippen LogP contribution in [-0.4, -0.2) is 0 Å². The maximum atomic E-state index is 2.19. The first-order valence-corrected chi connectivity index (χ1v) is 4.07. The van der Waals surface area contributed by atoms with Gasteiger partial charge in [-0.2, -0.15) is 0 Å². The maximum absolute atomic E-state index is 2.19. The zero-order chi connectivity index (χ0) is 7.94. The molecular weight excluding hydrogens is 132 g/mol. The Morgan fingerprint density at radius 1 is 1.45 bits per heavy atom. The van der Waals surface area contributed by atoms with Gasteiger partial charge in [0.2, 0.25) is 0 Å². The molecule has 0 amide bonds. The molecule has 0 unspecified atom stereocenters. The van der Waals surface area contributed by atoms with Crippen molar-refractivity contribution < 1.29 is 0 Å². The molecular formula is C11H14. The normalized spacial score (nSPS) is 17.0. The predicted molar refractivity (Wildman–Crippen MR) is 50.4 cm³/mol. The summed E-state index contributed by atoms with van der Waals surface area (Å²) in [4.78, 5) is 0. The Hall–Kier alpha value is -1.04. The summed E-state index contributed by atoms with van der Waals surface area (Å²) < 4.78 is 0. The molecule has 0 heteroatoms. The highest BCUT2D eigenvalue weighted by Gasteiger charge is 1.91. The van der Waals surface area contributed by atoms with Crippen molar-refractivity contribution in [2.24, 2.45) is 0 Å². The lowest BCUT2D eigenvalue weighted by molar-refractivity contribution is 1.30. The quantitative estimate of drug-likeness (QED) is 0.535. The lowest BCUT2D eigenvalue weighted by Crippen LogP contribution is -1.68. The smallest absolute Gasteiger partial charge is 0.00944 e. The van der Waals surface area contributed by atoms with Crippen LogP contribution in [0.4, 0.5) is 0 Å². The van der Waals surface area contributed by atoms with Crippen LogP contribution in [0.5, 0.6) is 0 Å². The standard InChI is InChI=1S/C11H14/c1-2-3-4-5-8-11-9-6-7-10-11/h2-3,5-9H,4,10H2,1H3. The van der Waals surface area contributed by atoms with Crippen LogP contribution in [0.1, 0.15) is 19.8 Å². The Balaban J connectivity index is 2.25. The Labute approximate surface area is 68.6 Å². The minimum Gasteiger partial charge on any atom is -0.0914 e. The van der Waals surface area contributed by atoms with E-state index in [9.17, 15) is 0 Å². The zero-order valence-corrected chi connectivity index (χ0v) is 6.96. The molecule has 0 aliphatic heterocycles. The van der Waals surface area contributed by atoms with Crippen LogP contribution in [-0.2, 0) is 0 Å². The van der Waals surface area contributed by atoms with Gasteiger partial charge in [-0.25, -0.2) is 0 Å². The van der Waals surface area contributed by atoms with Gasteiger partial charge in [0.1, 0.15) is 0 Å². The molecule has 0 nitrogen and oxygen atoms in total. The van der Waals surface area contributed by atoms with Crippen LogP contribution in [0, 0.1) is 0 Å². The molecule has 0 spiro atoms. The Morgan fingerprint density at radius 3 is 3.00 bits per heavy atom. The van der Waals surface area contributed by atoms with Gasteiger partial charge in [-0.05, 0) is 25.3 Å². The summed E-state index contributed by atoms with van der Waals surface area (Å²) >= 11 is 0. The van der Waals surface area contributed by atoms with E-state index in [1.807, 2.05) is 6.92 Å². The maximum Gasteiger partial charge on any atom is -0.00944 e. The third-order valence-electron chi connectivity index (χ3n) is 1.64. The van der Waals surface area contributed by atoms with Crippen LogP contribution in [0.25, 0.3) is 0 Å². The number of rotatable bonds is 3. The van der Waals surface area contributed by atoms with E-state index in [-0.39, 0.29) is 0 Å². The molecule has 0 heterocycles. The fourth-order valence-corrected chi connectivity index (χ4v) is 1.02. The van der Waals surface area contributed by atoms with Gasteiger partial charge in [-0.3, -0.25) is 0 Å². The number of hydrogen-bond acceptors (Lipinski definition) is 0. The average Bonchev–Trinajstić information content (AvgIpc) is 2.50. The van der Waals surface area contributed by atoms with E-state index in [1.54, 1.807) is 0 Å². The van der Waals surface area contributed by atoms with Gasteiger partial charge in [-0.1, -0.05) is 42.5 Å². The zero-order valence-electron chi connectivity index (χ0n) is 6.96. The first-order valence-electron chi connectivity index (χ1n) is 4.07. The number of allylic oxidation sites excluding steroid dienone is 8. The topological polar surface area (TPSA) is 0 Å². The molecule has 0 N–H and O–H groups in total. The molecule has 0 saturated heterocycles. The third-order valence-corrected chi connectivity index (χ3v) is 1.64. The van der Waals surface area contributed by atoms with Crippen molar-refractivity contribution in [3.63, 3.8) is 0 Å². The predicted octanol–water partition coefficient (Wildman–Crippen LogP) is 3.40. The highest BCUT2D eigenvalue weighted by molar-refractivity contribution is 5.31. The minimum absolute atomic E-state index is 1.05. The Morgan fingerprint density at radius 2 is 2.36 bits per heavy atom. The summed E-state index contributed by atoms with van der Waals surface area (Å²) in [6.07, 6.45) is 17.2. The number of hydrogen-bond donors (Lipinski definition) is 0. The highest BCUT2D eigenvalue weighted by atomic mass is 14.0. The van der Waals surface area contributed by atoms with Crippen LogP contribution in [0.3, 0.4) is 0 Å². The Bertz CT molecular complexity index is 214. The molecule has 0 bridgehead atoms. The van der Waals surface area contributed by atoms with Crippen molar-refractivity contribution in [2.75, 3.05) is 0 Å². The third kappa shape index (κ3) is 3.03. The second-order valence-electron chi connectivity index (χ2n) is 2.58. The van der Waals surface area contributed by atoms with Gasteiger partial charge < -0.3 is 0 Å². The molecule has 1 rings (SSSR count). The lowest BCUT2D eigenvalue weighted by Gasteiger charge is -1.88. The fraction of sp³-hybridized carbons (Fsp3) is 0.273. The first kappa shape index (κ1) is 8.06. The molecule has 0 radical (unpaired) electrons. The van der Waals surface area contributed by atoms with E-state index in [0.29, 0.717) is 0 Å². The summed E-state index contributed by atoms with van der Waals surface area (Å²) in [7, 11) is 0.